The average molecular weight is 455 g/mol. The maximum atomic E-state index is 2.55. The summed E-state index contributed by atoms with van der Waals surface area (Å²) in [6.45, 7) is 2.29. The lowest BCUT2D eigenvalue weighted by Crippen LogP contribution is -2.26. The van der Waals surface area contributed by atoms with Gasteiger partial charge < -0.3 is 0 Å². The maximum absolute atomic E-state index is 2.55. The van der Waals surface area contributed by atoms with Crippen LogP contribution in [0.3, 0.4) is 0 Å². The largest absolute Gasteiger partial charge is 0.0728 e. The van der Waals surface area contributed by atoms with Crippen LogP contribution >= 0.6 is 0 Å². The van der Waals surface area contributed by atoms with Gasteiger partial charge in [0.1, 0.15) is 0 Å². The molecule has 3 aliphatic rings. The molecule has 9 rings (SSSR count). The fourth-order valence-electron chi connectivity index (χ4n) is 7.76. The molecule has 0 saturated carbocycles. The number of fused-ring (bicyclic) bond motifs is 14. The predicted molar refractivity (Wildman–Crippen MR) is 149 cm³/mol. The zero-order valence-corrected chi connectivity index (χ0v) is 20.0. The van der Waals surface area contributed by atoms with Crippen molar-refractivity contribution in [3.05, 3.63) is 143 Å². The molecule has 1 spiro atoms. The van der Waals surface area contributed by atoms with Gasteiger partial charge in [0.2, 0.25) is 0 Å². The second kappa shape index (κ2) is 6.22. The van der Waals surface area contributed by atoms with E-state index in [4.69, 9.17) is 0 Å². The fourth-order valence-corrected chi connectivity index (χ4v) is 7.76. The Hall–Kier alpha value is -4.42. The average Bonchev–Trinajstić information content (AvgIpc) is 3.53. The molecular weight excluding hydrogens is 432 g/mol. The first-order chi connectivity index (χ1) is 17.8. The van der Waals surface area contributed by atoms with Gasteiger partial charge in [-0.2, -0.15) is 0 Å². The third-order valence-electron chi connectivity index (χ3n) is 8.94. The summed E-state index contributed by atoms with van der Waals surface area (Å²) in [5.41, 5.74) is 17.7. The van der Waals surface area contributed by atoms with Gasteiger partial charge in [-0.15, -0.1) is 0 Å². The van der Waals surface area contributed by atoms with Crippen LogP contribution in [-0.4, -0.2) is 0 Å². The van der Waals surface area contributed by atoms with Crippen LogP contribution in [0.2, 0.25) is 0 Å². The van der Waals surface area contributed by atoms with E-state index in [1.807, 2.05) is 0 Å². The summed E-state index contributed by atoms with van der Waals surface area (Å²) >= 11 is 0. The molecule has 1 unspecified atom stereocenters. The summed E-state index contributed by atoms with van der Waals surface area (Å²) in [7, 11) is 0. The van der Waals surface area contributed by atoms with E-state index in [9.17, 15) is 0 Å². The minimum atomic E-state index is -0.304. The number of hydrogen-bond donors (Lipinski definition) is 0. The van der Waals surface area contributed by atoms with Crippen LogP contribution in [0.5, 0.6) is 0 Å². The standard InChI is InChI=1S/C36H22/c1-21-10-8-16-26-24-13-4-6-18-30(24)36(35(21)26)31-19-7-5-14-27(31)34-28-17-9-15-25-22-11-2-3-12-23(22)29(33(25)28)20-32(34)36/h2-20H,1H3. The zero-order valence-electron chi connectivity index (χ0n) is 20.0. The normalized spacial score (nSPS) is 17.1. The number of rotatable bonds is 0. The molecule has 0 fully saturated rings. The van der Waals surface area contributed by atoms with Gasteiger partial charge in [0.25, 0.3) is 0 Å². The molecule has 0 aromatic heterocycles. The molecule has 0 amide bonds. The minimum absolute atomic E-state index is 0.304. The first kappa shape index (κ1) is 18.9. The molecule has 0 aliphatic heterocycles. The van der Waals surface area contributed by atoms with E-state index in [0.29, 0.717) is 0 Å². The summed E-state index contributed by atoms with van der Waals surface area (Å²) < 4.78 is 0. The van der Waals surface area contributed by atoms with Crippen LogP contribution in [0.1, 0.15) is 27.8 Å². The highest BCUT2D eigenvalue weighted by Gasteiger charge is 2.53. The van der Waals surface area contributed by atoms with Gasteiger partial charge in [-0.25, -0.2) is 0 Å². The van der Waals surface area contributed by atoms with Crippen LogP contribution in [0.15, 0.2) is 115 Å². The molecule has 6 aromatic rings. The molecule has 0 heteroatoms. The van der Waals surface area contributed by atoms with Gasteiger partial charge in [-0.3, -0.25) is 0 Å². The van der Waals surface area contributed by atoms with E-state index in [1.165, 1.54) is 83.1 Å². The smallest absolute Gasteiger partial charge is 0.0619 e. The molecule has 0 heterocycles. The third kappa shape index (κ3) is 1.91. The molecule has 36 heavy (non-hydrogen) atoms. The minimum Gasteiger partial charge on any atom is -0.0619 e. The summed E-state index contributed by atoms with van der Waals surface area (Å²) in [5.74, 6) is 0. The SMILES string of the molecule is Cc1cccc2c1C1(c3ccccc3-2)c2ccccc2-c2c1cc1c3c(cccc23)-c2ccccc2-1. The van der Waals surface area contributed by atoms with Crippen molar-refractivity contribution in [2.24, 2.45) is 0 Å². The molecule has 6 aromatic carbocycles. The van der Waals surface area contributed by atoms with Gasteiger partial charge in [0.05, 0.1) is 5.41 Å². The summed E-state index contributed by atoms with van der Waals surface area (Å²) in [6.07, 6.45) is 0. The Bertz CT molecular complexity index is 1950. The van der Waals surface area contributed by atoms with Crippen molar-refractivity contribution in [1.82, 2.24) is 0 Å². The van der Waals surface area contributed by atoms with Crippen molar-refractivity contribution in [1.29, 1.82) is 0 Å². The highest BCUT2D eigenvalue weighted by molar-refractivity contribution is 6.21. The first-order valence-corrected chi connectivity index (χ1v) is 12.8. The molecule has 166 valence electrons. The van der Waals surface area contributed by atoms with Crippen LogP contribution in [0.4, 0.5) is 0 Å². The lowest BCUT2D eigenvalue weighted by atomic mass is 9.69. The van der Waals surface area contributed by atoms with Gasteiger partial charge in [-0.05, 0) is 96.1 Å². The summed E-state index contributed by atoms with van der Waals surface area (Å²) in [6, 6.07) is 43.4. The van der Waals surface area contributed by atoms with Crippen LogP contribution < -0.4 is 0 Å². The van der Waals surface area contributed by atoms with Gasteiger partial charge in [0, 0.05) is 0 Å². The van der Waals surface area contributed by atoms with Crippen LogP contribution in [-0.2, 0) is 5.41 Å². The molecule has 0 nitrogen and oxygen atoms in total. The highest BCUT2D eigenvalue weighted by Crippen LogP contribution is 2.66. The Morgan fingerprint density at radius 1 is 0.444 bits per heavy atom. The van der Waals surface area contributed by atoms with Crippen molar-refractivity contribution >= 4 is 10.8 Å². The molecule has 0 N–H and O–H groups in total. The Labute approximate surface area is 210 Å². The van der Waals surface area contributed by atoms with E-state index in [0.717, 1.165) is 0 Å². The molecule has 0 bridgehead atoms. The van der Waals surface area contributed by atoms with E-state index in [2.05, 4.69) is 122 Å². The predicted octanol–water partition coefficient (Wildman–Crippen LogP) is 9.14. The Balaban J connectivity index is 1.56. The number of hydrogen-bond acceptors (Lipinski definition) is 0. The lowest BCUT2D eigenvalue weighted by Gasteiger charge is -2.32. The Morgan fingerprint density at radius 3 is 1.83 bits per heavy atom. The van der Waals surface area contributed by atoms with E-state index < -0.39 is 0 Å². The maximum Gasteiger partial charge on any atom is 0.0728 e. The van der Waals surface area contributed by atoms with Crippen molar-refractivity contribution in [3.8, 4) is 44.5 Å². The van der Waals surface area contributed by atoms with E-state index >= 15 is 0 Å². The first-order valence-electron chi connectivity index (χ1n) is 12.8. The van der Waals surface area contributed by atoms with Gasteiger partial charge in [-0.1, -0.05) is 109 Å². The second-order valence-electron chi connectivity index (χ2n) is 10.5. The third-order valence-corrected chi connectivity index (χ3v) is 8.94. The Kier molecular flexibility index (Phi) is 3.26. The number of aryl methyl sites for hydroxylation is 1. The van der Waals surface area contributed by atoms with E-state index in [-0.39, 0.29) is 5.41 Å². The van der Waals surface area contributed by atoms with Crippen molar-refractivity contribution in [2.45, 2.75) is 12.3 Å². The number of benzene rings is 6. The zero-order chi connectivity index (χ0) is 23.6. The van der Waals surface area contributed by atoms with Gasteiger partial charge >= 0.3 is 0 Å². The van der Waals surface area contributed by atoms with Crippen molar-refractivity contribution < 1.29 is 0 Å². The second-order valence-corrected chi connectivity index (χ2v) is 10.5. The molecule has 0 saturated heterocycles. The van der Waals surface area contributed by atoms with Gasteiger partial charge in [0.15, 0.2) is 0 Å². The molecule has 0 radical (unpaired) electrons. The molecule has 1 atom stereocenters. The lowest BCUT2D eigenvalue weighted by molar-refractivity contribution is 0.787. The fraction of sp³-hybridized carbons (Fsp3) is 0.0556. The molecule has 3 aliphatic carbocycles. The summed E-state index contributed by atoms with van der Waals surface area (Å²) in [5, 5.41) is 2.78. The quantitative estimate of drug-likeness (QED) is 0.214. The topological polar surface area (TPSA) is 0 Å². The highest BCUT2D eigenvalue weighted by atomic mass is 14.5. The monoisotopic (exact) mass is 454 g/mol. The van der Waals surface area contributed by atoms with E-state index in [1.54, 1.807) is 0 Å². The molecular formula is C36H22. The van der Waals surface area contributed by atoms with Crippen molar-refractivity contribution in [3.63, 3.8) is 0 Å². The van der Waals surface area contributed by atoms with Crippen LogP contribution in [0.25, 0.3) is 55.3 Å². The van der Waals surface area contributed by atoms with Crippen LogP contribution in [0, 0.1) is 6.92 Å². The van der Waals surface area contributed by atoms with Crippen molar-refractivity contribution in [2.75, 3.05) is 0 Å². The summed E-state index contributed by atoms with van der Waals surface area (Å²) in [4.78, 5) is 0. The Morgan fingerprint density at radius 2 is 1.03 bits per heavy atom.